The summed E-state index contributed by atoms with van der Waals surface area (Å²) in [5.41, 5.74) is 2.57. The lowest BCUT2D eigenvalue weighted by molar-refractivity contribution is 0.414. The molecule has 1 aromatic heterocycles. The number of benzene rings is 1. The molecule has 1 heterocycles. The minimum absolute atomic E-state index is 0.906. The van der Waals surface area contributed by atoms with Gasteiger partial charge in [0.1, 0.15) is 5.75 Å². The standard InChI is InChI=1S/C13H15NO/c1-11-4-3-9-14(11)10-12-5-7-13(15-2)8-6-12/h3-9H,10H2,1-2H3. The van der Waals surface area contributed by atoms with Crippen LogP contribution in [0.25, 0.3) is 0 Å². The Hall–Kier alpha value is -1.70. The second-order valence-electron chi connectivity index (χ2n) is 3.63. The zero-order chi connectivity index (χ0) is 10.7. The Balaban J connectivity index is 2.14. The van der Waals surface area contributed by atoms with Crippen LogP contribution in [0.3, 0.4) is 0 Å². The molecule has 0 aliphatic carbocycles. The lowest BCUT2D eigenvalue weighted by Gasteiger charge is -2.07. The monoisotopic (exact) mass is 201 g/mol. The summed E-state index contributed by atoms with van der Waals surface area (Å²) in [6, 6.07) is 12.4. The molecule has 0 amide bonds. The molecule has 0 spiro atoms. The quantitative estimate of drug-likeness (QED) is 0.744. The molecule has 0 N–H and O–H groups in total. The minimum Gasteiger partial charge on any atom is -0.497 e. The summed E-state index contributed by atoms with van der Waals surface area (Å²) in [4.78, 5) is 0. The highest BCUT2D eigenvalue weighted by Crippen LogP contribution is 2.13. The summed E-state index contributed by atoms with van der Waals surface area (Å²) in [6.45, 7) is 3.03. The van der Waals surface area contributed by atoms with Crippen molar-refractivity contribution in [2.75, 3.05) is 7.11 Å². The maximum atomic E-state index is 5.12. The van der Waals surface area contributed by atoms with Gasteiger partial charge in [0.25, 0.3) is 0 Å². The van der Waals surface area contributed by atoms with Gasteiger partial charge in [-0.2, -0.15) is 0 Å². The van der Waals surface area contributed by atoms with Gasteiger partial charge in [0.15, 0.2) is 0 Å². The Labute approximate surface area is 90.1 Å². The Morgan fingerprint density at radius 1 is 1.13 bits per heavy atom. The molecule has 0 bridgehead atoms. The van der Waals surface area contributed by atoms with Crippen molar-refractivity contribution in [3.05, 3.63) is 53.9 Å². The molecular formula is C13H15NO. The third kappa shape index (κ3) is 2.21. The molecule has 0 fully saturated rings. The Morgan fingerprint density at radius 2 is 1.87 bits per heavy atom. The number of aromatic nitrogens is 1. The first kappa shape index (κ1) is 9.84. The van der Waals surface area contributed by atoms with Gasteiger partial charge in [0.2, 0.25) is 0 Å². The summed E-state index contributed by atoms with van der Waals surface area (Å²) in [5, 5.41) is 0. The van der Waals surface area contributed by atoms with Crippen LogP contribution < -0.4 is 4.74 Å². The summed E-state index contributed by atoms with van der Waals surface area (Å²) < 4.78 is 7.35. The fourth-order valence-electron chi connectivity index (χ4n) is 1.60. The highest BCUT2D eigenvalue weighted by Gasteiger charge is 1.97. The van der Waals surface area contributed by atoms with Crippen LogP contribution in [0.15, 0.2) is 42.6 Å². The second kappa shape index (κ2) is 4.22. The number of rotatable bonds is 3. The van der Waals surface area contributed by atoms with Gasteiger partial charge in [-0.1, -0.05) is 12.1 Å². The maximum Gasteiger partial charge on any atom is 0.118 e. The number of methoxy groups -OCH3 is 1. The summed E-state index contributed by atoms with van der Waals surface area (Å²) in [7, 11) is 1.69. The zero-order valence-corrected chi connectivity index (χ0v) is 9.10. The van der Waals surface area contributed by atoms with Gasteiger partial charge in [0.05, 0.1) is 7.11 Å². The molecule has 0 atom stereocenters. The molecule has 0 saturated heterocycles. The molecule has 0 unspecified atom stereocenters. The summed E-state index contributed by atoms with van der Waals surface area (Å²) in [5.74, 6) is 0.906. The van der Waals surface area contributed by atoms with Crippen molar-refractivity contribution in [1.29, 1.82) is 0 Å². The van der Waals surface area contributed by atoms with E-state index in [0.717, 1.165) is 12.3 Å². The van der Waals surface area contributed by atoms with Crippen molar-refractivity contribution < 1.29 is 4.74 Å². The molecule has 1 aromatic carbocycles. The number of aryl methyl sites for hydroxylation is 1. The molecule has 2 rings (SSSR count). The molecule has 0 saturated carbocycles. The molecule has 15 heavy (non-hydrogen) atoms. The van der Waals surface area contributed by atoms with E-state index >= 15 is 0 Å². The second-order valence-corrected chi connectivity index (χ2v) is 3.63. The first-order valence-electron chi connectivity index (χ1n) is 5.04. The van der Waals surface area contributed by atoms with Crippen LogP contribution in [0.2, 0.25) is 0 Å². The number of nitrogens with zero attached hydrogens (tertiary/aromatic N) is 1. The topological polar surface area (TPSA) is 14.2 Å². The lowest BCUT2D eigenvalue weighted by Crippen LogP contribution is -1.99. The normalized spacial score (nSPS) is 10.3. The first-order chi connectivity index (χ1) is 7.29. The predicted molar refractivity (Wildman–Crippen MR) is 61.3 cm³/mol. The van der Waals surface area contributed by atoms with Crippen LogP contribution in [-0.2, 0) is 6.54 Å². The molecule has 0 aliphatic rings. The van der Waals surface area contributed by atoms with E-state index in [9.17, 15) is 0 Å². The molecular weight excluding hydrogens is 186 g/mol. The largest absolute Gasteiger partial charge is 0.497 e. The summed E-state index contributed by atoms with van der Waals surface area (Å²) in [6.07, 6.45) is 2.10. The van der Waals surface area contributed by atoms with Gasteiger partial charge in [-0.25, -0.2) is 0 Å². The van der Waals surface area contributed by atoms with Crippen LogP contribution in [0.1, 0.15) is 11.3 Å². The van der Waals surface area contributed by atoms with Gasteiger partial charge in [-0.05, 0) is 36.8 Å². The summed E-state index contributed by atoms with van der Waals surface area (Å²) >= 11 is 0. The van der Waals surface area contributed by atoms with Gasteiger partial charge in [-0.15, -0.1) is 0 Å². The molecule has 2 aromatic rings. The Bertz CT molecular complexity index is 428. The van der Waals surface area contributed by atoms with Crippen LogP contribution in [-0.4, -0.2) is 11.7 Å². The third-order valence-corrected chi connectivity index (χ3v) is 2.57. The molecule has 78 valence electrons. The van der Waals surface area contributed by atoms with E-state index in [-0.39, 0.29) is 0 Å². The van der Waals surface area contributed by atoms with E-state index in [1.54, 1.807) is 7.11 Å². The van der Waals surface area contributed by atoms with Crippen LogP contribution in [0.5, 0.6) is 5.75 Å². The minimum atomic E-state index is 0.906. The maximum absolute atomic E-state index is 5.12. The average Bonchev–Trinajstić information content (AvgIpc) is 2.66. The van der Waals surface area contributed by atoms with E-state index in [2.05, 4.69) is 42.0 Å². The highest BCUT2D eigenvalue weighted by atomic mass is 16.5. The number of ether oxygens (including phenoxy) is 1. The molecule has 2 heteroatoms. The fourth-order valence-corrected chi connectivity index (χ4v) is 1.60. The van der Waals surface area contributed by atoms with Gasteiger partial charge in [0, 0.05) is 18.4 Å². The predicted octanol–water partition coefficient (Wildman–Crippen LogP) is 2.85. The smallest absolute Gasteiger partial charge is 0.118 e. The fraction of sp³-hybridized carbons (Fsp3) is 0.231. The van der Waals surface area contributed by atoms with Crippen LogP contribution in [0, 0.1) is 6.92 Å². The van der Waals surface area contributed by atoms with Gasteiger partial charge in [-0.3, -0.25) is 0 Å². The van der Waals surface area contributed by atoms with E-state index in [1.165, 1.54) is 11.3 Å². The number of hydrogen-bond acceptors (Lipinski definition) is 1. The van der Waals surface area contributed by atoms with Crippen LogP contribution in [0.4, 0.5) is 0 Å². The van der Waals surface area contributed by atoms with Crippen LogP contribution >= 0.6 is 0 Å². The Morgan fingerprint density at radius 3 is 2.40 bits per heavy atom. The van der Waals surface area contributed by atoms with E-state index < -0.39 is 0 Å². The van der Waals surface area contributed by atoms with E-state index in [4.69, 9.17) is 4.74 Å². The first-order valence-corrected chi connectivity index (χ1v) is 5.04. The van der Waals surface area contributed by atoms with Crippen molar-refractivity contribution in [2.24, 2.45) is 0 Å². The molecule has 2 nitrogen and oxygen atoms in total. The van der Waals surface area contributed by atoms with Crippen molar-refractivity contribution in [3.8, 4) is 5.75 Å². The zero-order valence-electron chi connectivity index (χ0n) is 9.10. The van der Waals surface area contributed by atoms with Crippen molar-refractivity contribution in [2.45, 2.75) is 13.5 Å². The van der Waals surface area contributed by atoms with E-state index in [0.29, 0.717) is 0 Å². The average molecular weight is 201 g/mol. The third-order valence-electron chi connectivity index (χ3n) is 2.57. The van der Waals surface area contributed by atoms with E-state index in [1.807, 2.05) is 12.1 Å². The van der Waals surface area contributed by atoms with Crippen molar-refractivity contribution >= 4 is 0 Å². The highest BCUT2D eigenvalue weighted by molar-refractivity contribution is 5.27. The van der Waals surface area contributed by atoms with Crippen molar-refractivity contribution in [3.63, 3.8) is 0 Å². The SMILES string of the molecule is COc1ccc(Cn2cccc2C)cc1. The molecule has 0 radical (unpaired) electrons. The van der Waals surface area contributed by atoms with Crippen molar-refractivity contribution in [1.82, 2.24) is 4.57 Å². The Kier molecular flexibility index (Phi) is 2.77. The van der Waals surface area contributed by atoms with Gasteiger partial charge >= 0.3 is 0 Å². The van der Waals surface area contributed by atoms with Gasteiger partial charge < -0.3 is 9.30 Å². The molecule has 0 aliphatic heterocycles. The number of hydrogen-bond donors (Lipinski definition) is 0. The lowest BCUT2D eigenvalue weighted by atomic mass is 10.2.